The molecule has 0 aliphatic heterocycles. The van der Waals surface area contributed by atoms with Crippen LogP contribution in [0.1, 0.15) is 61.0 Å². The fourth-order valence-electron chi connectivity index (χ4n) is 3.78. The van der Waals surface area contributed by atoms with Gasteiger partial charge < -0.3 is 19.7 Å². The van der Waals surface area contributed by atoms with Gasteiger partial charge in [0.1, 0.15) is 12.6 Å². The highest BCUT2D eigenvalue weighted by molar-refractivity contribution is 5.79. The molecule has 0 radical (unpaired) electrons. The number of benzene rings is 2. The van der Waals surface area contributed by atoms with E-state index in [9.17, 15) is 14.7 Å². The van der Waals surface area contributed by atoms with Crippen molar-refractivity contribution in [2.24, 2.45) is 0 Å². The minimum Gasteiger partial charge on any atom is -0.481 e. The van der Waals surface area contributed by atoms with E-state index in [-0.39, 0.29) is 24.3 Å². The summed E-state index contributed by atoms with van der Waals surface area (Å²) in [6.45, 7) is 3.90. The first-order valence-corrected chi connectivity index (χ1v) is 10.1. The van der Waals surface area contributed by atoms with Gasteiger partial charge in [0, 0.05) is 11.8 Å². The fraction of sp³-hybridized carbons (Fsp3) is 0.304. The molecule has 160 valence electrons. The smallest absolute Gasteiger partial charge is 0.407 e. The Bertz CT molecular complexity index is 1060. The van der Waals surface area contributed by atoms with Crippen LogP contribution in [0.15, 0.2) is 53.1 Å². The lowest BCUT2D eigenvalue weighted by Crippen LogP contribution is -2.32. The van der Waals surface area contributed by atoms with E-state index in [4.69, 9.17) is 9.26 Å². The number of fused-ring (bicyclic) bond motifs is 3. The number of nitrogens with one attached hydrogen (secondary N) is 1. The predicted octanol–water partition coefficient (Wildman–Crippen LogP) is 4.25. The van der Waals surface area contributed by atoms with Gasteiger partial charge in [-0.1, -0.05) is 67.5 Å². The van der Waals surface area contributed by atoms with Crippen molar-refractivity contribution in [2.75, 3.05) is 6.61 Å². The SMILES string of the molecule is CC(C)c1noc([C@H](CC(=O)O)NC(=O)OCC2c3ccccc3-c3ccccc32)n1. The Hall–Kier alpha value is -3.68. The van der Waals surface area contributed by atoms with Gasteiger partial charge in [0.15, 0.2) is 5.82 Å². The van der Waals surface area contributed by atoms with Crippen LogP contribution in [0.3, 0.4) is 0 Å². The first kappa shape index (κ1) is 20.6. The van der Waals surface area contributed by atoms with E-state index in [1.807, 2.05) is 50.2 Å². The Morgan fingerprint density at radius 2 is 1.71 bits per heavy atom. The molecule has 2 N–H and O–H groups in total. The summed E-state index contributed by atoms with van der Waals surface area (Å²) < 4.78 is 10.7. The van der Waals surface area contributed by atoms with Gasteiger partial charge in [-0.15, -0.1) is 0 Å². The van der Waals surface area contributed by atoms with E-state index < -0.39 is 24.5 Å². The summed E-state index contributed by atoms with van der Waals surface area (Å²) in [7, 11) is 0. The second kappa shape index (κ2) is 8.59. The van der Waals surface area contributed by atoms with Crippen molar-refractivity contribution in [3.05, 3.63) is 71.4 Å². The number of amides is 1. The quantitative estimate of drug-likeness (QED) is 0.586. The third-order valence-electron chi connectivity index (χ3n) is 5.29. The minimum atomic E-state index is -1.10. The monoisotopic (exact) mass is 421 g/mol. The number of alkyl carbamates (subject to hydrolysis) is 1. The largest absolute Gasteiger partial charge is 0.481 e. The second-order valence-corrected chi connectivity index (χ2v) is 7.77. The normalized spacial score (nSPS) is 13.5. The van der Waals surface area contributed by atoms with Crippen molar-refractivity contribution >= 4 is 12.1 Å². The number of carboxylic acid groups (broad SMARTS) is 1. The molecular formula is C23H23N3O5. The van der Waals surface area contributed by atoms with Gasteiger partial charge in [-0.25, -0.2) is 4.79 Å². The van der Waals surface area contributed by atoms with E-state index >= 15 is 0 Å². The maximum absolute atomic E-state index is 12.5. The summed E-state index contributed by atoms with van der Waals surface area (Å²) in [4.78, 5) is 28.0. The van der Waals surface area contributed by atoms with Crippen molar-refractivity contribution in [1.82, 2.24) is 15.5 Å². The third kappa shape index (κ3) is 4.28. The van der Waals surface area contributed by atoms with E-state index in [1.54, 1.807) is 0 Å². The van der Waals surface area contributed by atoms with Crippen molar-refractivity contribution < 1.29 is 24.0 Å². The van der Waals surface area contributed by atoms with Crippen LogP contribution in [0.5, 0.6) is 0 Å². The van der Waals surface area contributed by atoms with Gasteiger partial charge >= 0.3 is 12.1 Å². The molecule has 3 aromatic rings. The van der Waals surface area contributed by atoms with Crippen LogP contribution in [0, 0.1) is 0 Å². The Kier molecular flexibility index (Phi) is 5.70. The lowest BCUT2D eigenvalue weighted by atomic mass is 9.98. The number of ether oxygens (including phenoxy) is 1. The molecule has 2 aromatic carbocycles. The topological polar surface area (TPSA) is 115 Å². The number of hydrogen-bond acceptors (Lipinski definition) is 6. The van der Waals surface area contributed by atoms with Crippen molar-refractivity contribution in [1.29, 1.82) is 0 Å². The molecule has 0 fully saturated rings. The first-order valence-electron chi connectivity index (χ1n) is 10.1. The number of carbonyl (C=O) groups excluding carboxylic acids is 1. The standard InChI is InChI=1S/C23H23N3O5/c1-13(2)21-25-22(31-26-21)19(11-20(27)28)24-23(29)30-12-18-16-9-5-3-7-14(16)15-8-4-6-10-17(15)18/h3-10,13,18-19H,11-12H2,1-2H3,(H,24,29)(H,27,28)/t19-/m0/s1. The molecule has 31 heavy (non-hydrogen) atoms. The molecule has 8 heteroatoms. The zero-order valence-electron chi connectivity index (χ0n) is 17.2. The predicted molar refractivity (Wildman–Crippen MR) is 112 cm³/mol. The molecule has 1 aliphatic carbocycles. The van der Waals surface area contributed by atoms with Crippen LogP contribution < -0.4 is 5.32 Å². The van der Waals surface area contributed by atoms with Crippen molar-refractivity contribution in [2.45, 2.75) is 38.1 Å². The third-order valence-corrected chi connectivity index (χ3v) is 5.29. The molecule has 1 aliphatic rings. The zero-order chi connectivity index (χ0) is 22.0. The number of aliphatic carboxylic acids is 1. The van der Waals surface area contributed by atoms with Crippen LogP contribution in [-0.2, 0) is 9.53 Å². The molecule has 0 bridgehead atoms. The summed E-state index contributed by atoms with van der Waals surface area (Å²) in [5.74, 6) is -0.697. The summed E-state index contributed by atoms with van der Waals surface area (Å²) >= 11 is 0. The highest BCUT2D eigenvalue weighted by Gasteiger charge is 2.30. The molecule has 0 unspecified atom stereocenters. The lowest BCUT2D eigenvalue weighted by Gasteiger charge is -2.17. The lowest BCUT2D eigenvalue weighted by molar-refractivity contribution is -0.137. The molecule has 0 spiro atoms. The van der Waals surface area contributed by atoms with Crippen molar-refractivity contribution in [3.8, 4) is 11.1 Å². The maximum Gasteiger partial charge on any atom is 0.407 e. The highest BCUT2D eigenvalue weighted by atomic mass is 16.5. The number of aromatic nitrogens is 2. The maximum atomic E-state index is 12.5. The van der Waals surface area contributed by atoms with Crippen LogP contribution in [0.2, 0.25) is 0 Å². The molecular weight excluding hydrogens is 398 g/mol. The number of nitrogens with zero attached hydrogens (tertiary/aromatic N) is 2. The average molecular weight is 421 g/mol. The molecule has 0 saturated carbocycles. The first-order chi connectivity index (χ1) is 14.9. The molecule has 0 saturated heterocycles. The average Bonchev–Trinajstić information content (AvgIpc) is 3.35. The van der Waals surface area contributed by atoms with Gasteiger partial charge in [-0.3, -0.25) is 4.79 Å². The molecule has 4 rings (SSSR count). The number of carbonyl (C=O) groups is 2. The fourth-order valence-corrected chi connectivity index (χ4v) is 3.78. The number of carboxylic acids is 1. The summed E-state index contributed by atoms with van der Waals surface area (Å²) in [6.07, 6.45) is -1.14. The minimum absolute atomic E-state index is 0.0115. The number of hydrogen-bond donors (Lipinski definition) is 2. The molecule has 1 heterocycles. The van der Waals surface area contributed by atoms with E-state index in [2.05, 4.69) is 27.6 Å². The van der Waals surface area contributed by atoms with E-state index in [1.165, 1.54) is 0 Å². The van der Waals surface area contributed by atoms with E-state index in [0.717, 1.165) is 22.3 Å². The van der Waals surface area contributed by atoms with Gasteiger partial charge in [0.05, 0.1) is 6.42 Å². The molecule has 1 aromatic heterocycles. The molecule has 1 atom stereocenters. The van der Waals surface area contributed by atoms with Crippen LogP contribution >= 0.6 is 0 Å². The van der Waals surface area contributed by atoms with E-state index in [0.29, 0.717) is 5.82 Å². The Morgan fingerprint density at radius 3 is 2.26 bits per heavy atom. The Balaban J connectivity index is 1.47. The van der Waals surface area contributed by atoms with Gasteiger partial charge in [-0.2, -0.15) is 4.98 Å². The summed E-state index contributed by atoms with van der Waals surface area (Å²) in [5.41, 5.74) is 4.44. The van der Waals surface area contributed by atoms with Crippen LogP contribution in [-0.4, -0.2) is 33.9 Å². The molecule has 1 amide bonds. The van der Waals surface area contributed by atoms with Gasteiger partial charge in [-0.05, 0) is 22.3 Å². The molecule has 8 nitrogen and oxygen atoms in total. The van der Waals surface area contributed by atoms with Crippen LogP contribution in [0.25, 0.3) is 11.1 Å². The Labute approximate surface area is 179 Å². The van der Waals surface area contributed by atoms with Crippen LogP contribution in [0.4, 0.5) is 4.79 Å². The number of rotatable bonds is 7. The van der Waals surface area contributed by atoms with Crippen molar-refractivity contribution in [3.63, 3.8) is 0 Å². The summed E-state index contributed by atoms with van der Waals surface area (Å²) in [6, 6.07) is 15.1. The zero-order valence-corrected chi connectivity index (χ0v) is 17.2. The van der Waals surface area contributed by atoms with Gasteiger partial charge in [0.25, 0.3) is 0 Å². The van der Waals surface area contributed by atoms with Gasteiger partial charge in [0.2, 0.25) is 5.89 Å². The summed E-state index contributed by atoms with van der Waals surface area (Å²) in [5, 5.41) is 15.6. The highest BCUT2D eigenvalue weighted by Crippen LogP contribution is 2.44. The Morgan fingerprint density at radius 1 is 1.10 bits per heavy atom. The second-order valence-electron chi connectivity index (χ2n) is 7.77.